The van der Waals surface area contributed by atoms with E-state index in [0.717, 1.165) is 5.69 Å². The minimum Gasteiger partial charge on any atom is -0.479 e. The predicted octanol–water partition coefficient (Wildman–Crippen LogP) is 2.41. The molecule has 0 saturated carbocycles. The molecule has 1 heterocycles. The average molecular weight is 276 g/mol. The Morgan fingerprint density at radius 2 is 2.15 bits per heavy atom. The number of amides is 2. The van der Waals surface area contributed by atoms with Crippen LogP contribution >= 0.6 is 0 Å². The summed E-state index contributed by atoms with van der Waals surface area (Å²) in [5, 5.41) is 2.84. The molecule has 108 valence electrons. The molecule has 0 fully saturated rings. The van der Waals surface area contributed by atoms with Crippen LogP contribution in [0.2, 0.25) is 0 Å². The summed E-state index contributed by atoms with van der Waals surface area (Å²) in [4.78, 5) is 25.1. The number of likely N-dealkylation sites (N-methyl/N-ethyl adjacent to an activating group) is 1. The first kappa shape index (κ1) is 14.4. The van der Waals surface area contributed by atoms with Crippen LogP contribution in [0, 0.1) is 5.92 Å². The van der Waals surface area contributed by atoms with Gasteiger partial charge >= 0.3 is 0 Å². The molecule has 0 radical (unpaired) electrons. The molecule has 20 heavy (non-hydrogen) atoms. The maximum atomic E-state index is 11.8. The molecule has 5 nitrogen and oxygen atoms in total. The van der Waals surface area contributed by atoms with Crippen molar-refractivity contribution in [2.45, 2.75) is 33.3 Å². The van der Waals surface area contributed by atoms with Gasteiger partial charge in [-0.2, -0.15) is 0 Å². The van der Waals surface area contributed by atoms with Crippen LogP contribution in [-0.2, 0) is 9.59 Å². The Bertz CT molecular complexity index is 540. The lowest BCUT2D eigenvalue weighted by Crippen LogP contribution is -2.41. The summed E-state index contributed by atoms with van der Waals surface area (Å²) in [6, 6.07) is 5.32. The number of benzene rings is 1. The highest BCUT2D eigenvalue weighted by molar-refractivity contribution is 6.00. The first-order chi connectivity index (χ1) is 9.38. The molecule has 0 bridgehead atoms. The van der Waals surface area contributed by atoms with Crippen LogP contribution in [0.3, 0.4) is 0 Å². The molecule has 0 aromatic heterocycles. The van der Waals surface area contributed by atoms with Gasteiger partial charge in [-0.15, -0.1) is 0 Å². The van der Waals surface area contributed by atoms with Gasteiger partial charge in [0.2, 0.25) is 5.91 Å². The van der Waals surface area contributed by atoms with Gasteiger partial charge in [0.25, 0.3) is 5.91 Å². The normalized spacial score (nSPS) is 17.8. The third kappa shape index (κ3) is 2.92. The molecule has 1 aliphatic heterocycles. The van der Waals surface area contributed by atoms with E-state index in [0.29, 0.717) is 23.8 Å². The molecule has 1 aromatic rings. The van der Waals surface area contributed by atoms with Crippen molar-refractivity contribution >= 4 is 23.2 Å². The molecule has 0 spiro atoms. The Kier molecular flexibility index (Phi) is 3.97. The molecule has 1 aliphatic rings. The summed E-state index contributed by atoms with van der Waals surface area (Å²) < 4.78 is 5.58. The van der Waals surface area contributed by atoms with Gasteiger partial charge in [0, 0.05) is 25.2 Å². The van der Waals surface area contributed by atoms with Crippen LogP contribution in [0.15, 0.2) is 18.2 Å². The summed E-state index contributed by atoms with van der Waals surface area (Å²) in [5.74, 6) is 0.830. The molecule has 2 rings (SSSR count). The third-order valence-electron chi connectivity index (χ3n) is 3.18. The highest BCUT2D eigenvalue weighted by Gasteiger charge is 2.28. The lowest BCUT2D eigenvalue weighted by molar-refractivity contribution is -0.125. The summed E-state index contributed by atoms with van der Waals surface area (Å²) in [7, 11) is 1.72. The summed E-state index contributed by atoms with van der Waals surface area (Å²) in [5.41, 5.74) is 1.40. The molecular formula is C15H20N2O3. The highest BCUT2D eigenvalue weighted by atomic mass is 16.5. The molecular weight excluding hydrogens is 256 g/mol. The van der Waals surface area contributed by atoms with Gasteiger partial charge in [0.05, 0.1) is 5.69 Å². The van der Waals surface area contributed by atoms with Crippen molar-refractivity contribution in [3.63, 3.8) is 0 Å². The van der Waals surface area contributed by atoms with Crippen LogP contribution in [0.25, 0.3) is 0 Å². The number of nitrogens with one attached hydrogen (secondary N) is 1. The van der Waals surface area contributed by atoms with E-state index in [2.05, 4.69) is 5.32 Å². The van der Waals surface area contributed by atoms with E-state index in [9.17, 15) is 9.59 Å². The molecule has 0 aliphatic carbocycles. The molecule has 1 N–H and O–H groups in total. The van der Waals surface area contributed by atoms with Gasteiger partial charge in [-0.25, -0.2) is 0 Å². The minimum atomic E-state index is -0.505. The topological polar surface area (TPSA) is 58.6 Å². The van der Waals surface area contributed by atoms with Crippen LogP contribution in [0.5, 0.6) is 5.75 Å². The first-order valence-electron chi connectivity index (χ1n) is 6.76. The Morgan fingerprint density at radius 3 is 2.80 bits per heavy atom. The Hall–Kier alpha value is -2.04. The van der Waals surface area contributed by atoms with E-state index in [1.165, 1.54) is 0 Å². The molecule has 0 saturated heterocycles. The maximum Gasteiger partial charge on any atom is 0.267 e. The lowest BCUT2D eigenvalue weighted by atomic mass is 10.1. The maximum absolute atomic E-state index is 11.8. The first-order valence-corrected chi connectivity index (χ1v) is 6.76. The summed E-state index contributed by atoms with van der Waals surface area (Å²) in [6.45, 7) is 5.71. The summed E-state index contributed by atoms with van der Waals surface area (Å²) >= 11 is 0. The van der Waals surface area contributed by atoms with Gasteiger partial charge in [-0.1, -0.05) is 13.8 Å². The largest absolute Gasteiger partial charge is 0.479 e. The number of carbonyl (C=O) groups is 2. The van der Waals surface area contributed by atoms with E-state index in [1.807, 2.05) is 13.8 Å². The molecule has 1 unspecified atom stereocenters. The second-order valence-corrected chi connectivity index (χ2v) is 5.49. The molecule has 1 aromatic carbocycles. The second kappa shape index (κ2) is 5.53. The standard InChI is InChI=1S/C15H20N2O3/c1-9(2)7-14(18)16-11-5-6-12-13(8-11)20-10(3)15(19)17(12)4/h5-6,8-10H,7H2,1-4H3,(H,16,18). The zero-order valence-electron chi connectivity index (χ0n) is 12.3. The zero-order chi connectivity index (χ0) is 14.9. The molecule has 5 heteroatoms. The zero-order valence-corrected chi connectivity index (χ0v) is 12.3. The number of anilines is 2. The SMILES string of the molecule is CC(C)CC(=O)Nc1ccc2c(c1)OC(C)C(=O)N2C. The number of hydrogen-bond donors (Lipinski definition) is 1. The molecule has 1 atom stereocenters. The van der Waals surface area contributed by atoms with E-state index in [-0.39, 0.29) is 11.8 Å². The van der Waals surface area contributed by atoms with Crippen LogP contribution in [0.1, 0.15) is 27.2 Å². The number of fused-ring (bicyclic) bond motifs is 1. The Balaban J connectivity index is 2.18. The number of hydrogen-bond acceptors (Lipinski definition) is 3. The van der Waals surface area contributed by atoms with Gasteiger partial charge in [-0.3, -0.25) is 9.59 Å². The van der Waals surface area contributed by atoms with Crippen molar-refractivity contribution in [2.75, 3.05) is 17.3 Å². The second-order valence-electron chi connectivity index (χ2n) is 5.49. The third-order valence-corrected chi connectivity index (χ3v) is 3.18. The number of rotatable bonds is 3. The number of carbonyl (C=O) groups excluding carboxylic acids is 2. The lowest BCUT2D eigenvalue weighted by Gasteiger charge is -2.30. The van der Waals surface area contributed by atoms with Crippen molar-refractivity contribution in [3.05, 3.63) is 18.2 Å². The van der Waals surface area contributed by atoms with Crippen LogP contribution < -0.4 is 15.0 Å². The smallest absolute Gasteiger partial charge is 0.267 e. The van der Waals surface area contributed by atoms with Gasteiger partial charge in [0.15, 0.2) is 6.10 Å². The summed E-state index contributed by atoms with van der Waals surface area (Å²) in [6.07, 6.45) is -0.0265. The van der Waals surface area contributed by atoms with Crippen LogP contribution in [-0.4, -0.2) is 25.0 Å². The Morgan fingerprint density at radius 1 is 1.45 bits per heavy atom. The fraction of sp³-hybridized carbons (Fsp3) is 0.467. The van der Waals surface area contributed by atoms with E-state index in [1.54, 1.807) is 37.1 Å². The predicted molar refractivity (Wildman–Crippen MR) is 78.0 cm³/mol. The van der Waals surface area contributed by atoms with Gasteiger partial charge in [0.1, 0.15) is 5.75 Å². The number of ether oxygens (including phenoxy) is 1. The molecule has 2 amide bonds. The number of nitrogens with zero attached hydrogens (tertiary/aromatic N) is 1. The quantitative estimate of drug-likeness (QED) is 0.922. The van der Waals surface area contributed by atoms with Crippen molar-refractivity contribution in [1.82, 2.24) is 0 Å². The monoisotopic (exact) mass is 276 g/mol. The van der Waals surface area contributed by atoms with E-state index < -0.39 is 6.10 Å². The van der Waals surface area contributed by atoms with Crippen LogP contribution in [0.4, 0.5) is 11.4 Å². The fourth-order valence-electron chi connectivity index (χ4n) is 2.18. The minimum absolute atomic E-state index is 0.0201. The highest BCUT2D eigenvalue weighted by Crippen LogP contribution is 2.35. The van der Waals surface area contributed by atoms with Crippen molar-refractivity contribution < 1.29 is 14.3 Å². The Labute approximate surface area is 118 Å². The van der Waals surface area contributed by atoms with Crippen molar-refractivity contribution in [2.24, 2.45) is 5.92 Å². The van der Waals surface area contributed by atoms with Gasteiger partial charge < -0.3 is 15.0 Å². The van der Waals surface area contributed by atoms with Gasteiger partial charge in [-0.05, 0) is 25.0 Å². The average Bonchev–Trinajstić information content (AvgIpc) is 2.35. The fourth-order valence-corrected chi connectivity index (χ4v) is 2.18. The van der Waals surface area contributed by atoms with E-state index in [4.69, 9.17) is 4.74 Å². The van der Waals surface area contributed by atoms with E-state index >= 15 is 0 Å². The van der Waals surface area contributed by atoms with Crippen molar-refractivity contribution in [1.29, 1.82) is 0 Å². The van der Waals surface area contributed by atoms with Crippen molar-refractivity contribution in [3.8, 4) is 5.75 Å².